The number of fused-ring (bicyclic) bond motifs is 1. The molecule has 8 nitrogen and oxygen atoms in total. The monoisotopic (exact) mass is 389 g/mol. The Hall–Kier alpha value is -3.52. The van der Waals surface area contributed by atoms with Crippen LogP contribution in [0.15, 0.2) is 53.1 Å². The van der Waals surface area contributed by atoms with Gasteiger partial charge in [0, 0.05) is 5.56 Å². The standard InChI is InChI=1S/C21H19N5O3/c1-13-6-3-4-9-16(13)20-22-21(29-24-20)19-17-12-28-18(11-26(17)25-23-19)14-7-5-8-15(10-14)27-2/h3-10,18H,11-12H2,1-2H3. The first kappa shape index (κ1) is 17.6. The fourth-order valence-electron chi connectivity index (χ4n) is 3.47. The Balaban J connectivity index is 1.42. The second-order valence-electron chi connectivity index (χ2n) is 6.88. The molecule has 4 aromatic rings. The van der Waals surface area contributed by atoms with Crippen molar-refractivity contribution in [3.8, 4) is 28.7 Å². The number of aryl methyl sites for hydroxylation is 1. The average molecular weight is 389 g/mol. The van der Waals surface area contributed by atoms with Gasteiger partial charge in [-0.05, 0) is 30.2 Å². The summed E-state index contributed by atoms with van der Waals surface area (Å²) in [5.74, 6) is 1.67. The maximum Gasteiger partial charge on any atom is 0.280 e. The molecule has 2 aromatic heterocycles. The number of aromatic nitrogens is 5. The summed E-state index contributed by atoms with van der Waals surface area (Å²) in [7, 11) is 1.65. The predicted octanol–water partition coefficient (Wildman–Crippen LogP) is 3.58. The van der Waals surface area contributed by atoms with Crippen molar-refractivity contribution in [2.24, 2.45) is 0 Å². The molecule has 1 aliphatic heterocycles. The van der Waals surface area contributed by atoms with Crippen molar-refractivity contribution in [3.63, 3.8) is 0 Å². The Morgan fingerprint density at radius 2 is 2.03 bits per heavy atom. The first-order valence-electron chi connectivity index (χ1n) is 9.31. The zero-order chi connectivity index (χ0) is 19.8. The van der Waals surface area contributed by atoms with Gasteiger partial charge in [-0.3, -0.25) is 0 Å². The molecule has 0 radical (unpaired) electrons. The second kappa shape index (κ2) is 7.14. The van der Waals surface area contributed by atoms with Crippen molar-refractivity contribution >= 4 is 0 Å². The summed E-state index contributed by atoms with van der Waals surface area (Å²) < 4.78 is 18.7. The number of methoxy groups -OCH3 is 1. The fourth-order valence-corrected chi connectivity index (χ4v) is 3.47. The second-order valence-corrected chi connectivity index (χ2v) is 6.88. The van der Waals surface area contributed by atoms with Gasteiger partial charge in [-0.15, -0.1) is 5.10 Å². The van der Waals surface area contributed by atoms with Crippen LogP contribution in [0.4, 0.5) is 0 Å². The van der Waals surface area contributed by atoms with Gasteiger partial charge in [-0.1, -0.05) is 46.8 Å². The zero-order valence-corrected chi connectivity index (χ0v) is 16.1. The lowest BCUT2D eigenvalue weighted by Crippen LogP contribution is -2.22. The summed E-state index contributed by atoms with van der Waals surface area (Å²) in [6.07, 6.45) is -0.127. The maximum absolute atomic E-state index is 6.07. The van der Waals surface area contributed by atoms with Crippen LogP contribution in [-0.4, -0.2) is 32.2 Å². The lowest BCUT2D eigenvalue weighted by atomic mass is 10.1. The Morgan fingerprint density at radius 1 is 1.14 bits per heavy atom. The molecule has 29 heavy (non-hydrogen) atoms. The lowest BCUT2D eigenvalue weighted by molar-refractivity contribution is -0.00127. The van der Waals surface area contributed by atoms with Crippen molar-refractivity contribution in [2.45, 2.75) is 26.2 Å². The summed E-state index contributed by atoms with van der Waals surface area (Å²) in [5.41, 5.74) is 4.42. The molecule has 8 heteroatoms. The molecule has 1 unspecified atom stereocenters. The molecule has 0 bridgehead atoms. The molecular formula is C21H19N5O3. The van der Waals surface area contributed by atoms with E-state index >= 15 is 0 Å². The third-order valence-corrected chi connectivity index (χ3v) is 5.08. The summed E-state index contributed by atoms with van der Waals surface area (Å²) in [6.45, 7) is 2.92. The lowest BCUT2D eigenvalue weighted by Gasteiger charge is -2.24. The first-order chi connectivity index (χ1) is 14.2. The molecule has 1 atom stereocenters. The Kier molecular flexibility index (Phi) is 4.33. The minimum absolute atomic E-state index is 0.127. The van der Waals surface area contributed by atoms with Crippen molar-refractivity contribution in [3.05, 3.63) is 65.4 Å². The van der Waals surface area contributed by atoms with Crippen LogP contribution in [0.25, 0.3) is 23.0 Å². The van der Waals surface area contributed by atoms with Gasteiger partial charge in [0.1, 0.15) is 11.9 Å². The van der Waals surface area contributed by atoms with E-state index < -0.39 is 0 Å². The van der Waals surface area contributed by atoms with E-state index in [0.29, 0.717) is 30.6 Å². The van der Waals surface area contributed by atoms with Crippen LogP contribution >= 0.6 is 0 Å². The quantitative estimate of drug-likeness (QED) is 0.527. The fraction of sp³-hybridized carbons (Fsp3) is 0.238. The SMILES string of the molecule is COc1cccc(C2Cn3nnc(-c4nc(-c5ccccc5C)no4)c3CO2)c1. The van der Waals surface area contributed by atoms with Gasteiger partial charge in [0.15, 0.2) is 5.69 Å². The molecule has 0 amide bonds. The van der Waals surface area contributed by atoms with E-state index in [1.807, 2.05) is 60.1 Å². The molecule has 2 aromatic carbocycles. The van der Waals surface area contributed by atoms with Crippen molar-refractivity contribution in [1.29, 1.82) is 0 Å². The van der Waals surface area contributed by atoms with E-state index in [9.17, 15) is 0 Å². The van der Waals surface area contributed by atoms with Crippen LogP contribution in [0.1, 0.15) is 22.9 Å². The summed E-state index contributed by atoms with van der Waals surface area (Å²) in [4.78, 5) is 4.53. The highest BCUT2D eigenvalue weighted by Crippen LogP contribution is 2.32. The van der Waals surface area contributed by atoms with Crippen LogP contribution in [0.5, 0.6) is 5.75 Å². The smallest absolute Gasteiger partial charge is 0.280 e. The number of nitrogens with zero attached hydrogens (tertiary/aromatic N) is 5. The van der Waals surface area contributed by atoms with E-state index in [1.54, 1.807) is 7.11 Å². The first-order valence-corrected chi connectivity index (χ1v) is 9.31. The number of benzene rings is 2. The molecule has 0 saturated carbocycles. The van der Waals surface area contributed by atoms with Crippen molar-refractivity contribution in [2.75, 3.05) is 7.11 Å². The molecule has 0 fully saturated rings. The largest absolute Gasteiger partial charge is 0.497 e. The number of rotatable bonds is 4. The zero-order valence-electron chi connectivity index (χ0n) is 16.1. The third-order valence-electron chi connectivity index (χ3n) is 5.08. The molecule has 0 saturated heterocycles. The Labute approximate surface area is 167 Å². The van der Waals surface area contributed by atoms with Gasteiger partial charge < -0.3 is 14.0 Å². The summed E-state index contributed by atoms with van der Waals surface area (Å²) >= 11 is 0. The molecule has 0 spiro atoms. The van der Waals surface area contributed by atoms with Gasteiger partial charge >= 0.3 is 0 Å². The Morgan fingerprint density at radius 3 is 2.90 bits per heavy atom. The molecule has 0 N–H and O–H groups in total. The van der Waals surface area contributed by atoms with Crippen molar-refractivity contribution in [1.82, 2.24) is 25.1 Å². The van der Waals surface area contributed by atoms with Gasteiger partial charge in [0.2, 0.25) is 5.82 Å². The van der Waals surface area contributed by atoms with Crippen molar-refractivity contribution < 1.29 is 14.0 Å². The van der Waals surface area contributed by atoms with E-state index in [4.69, 9.17) is 14.0 Å². The van der Waals surface area contributed by atoms with Crippen LogP contribution < -0.4 is 4.74 Å². The minimum Gasteiger partial charge on any atom is -0.497 e. The van der Waals surface area contributed by atoms with E-state index in [1.165, 1.54) is 0 Å². The summed E-state index contributed by atoms with van der Waals surface area (Å²) in [5, 5.41) is 12.7. The van der Waals surface area contributed by atoms with Gasteiger partial charge in [-0.2, -0.15) is 4.98 Å². The van der Waals surface area contributed by atoms with Crippen LogP contribution in [0.2, 0.25) is 0 Å². The molecular weight excluding hydrogens is 370 g/mol. The van der Waals surface area contributed by atoms with Crippen LogP contribution in [0.3, 0.4) is 0 Å². The topological polar surface area (TPSA) is 88.1 Å². The number of hydrogen-bond donors (Lipinski definition) is 0. The summed E-state index contributed by atoms with van der Waals surface area (Å²) in [6, 6.07) is 15.8. The molecule has 0 aliphatic carbocycles. The number of hydrogen-bond acceptors (Lipinski definition) is 7. The van der Waals surface area contributed by atoms with Gasteiger partial charge in [0.25, 0.3) is 5.89 Å². The maximum atomic E-state index is 6.07. The van der Waals surface area contributed by atoms with E-state index in [-0.39, 0.29) is 6.10 Å². The minimum atomic E-state index is -0.127. The highest BCUT2D eigenvalue weighted by Gasteiger charge is 2.28. The van der Waals surface area contributed by atoms with E-state index in [2.05, 4.69) is 20.5 Å². The molecule has 3 heterocycles. The average Bonchev–Trinajstić information content (AvgIpc) is 3.40. The van der Waals surface area contributed by atoms with Gasteiger partial charge in [-0.25, -0.2) is 4.68 Å². The molecule has 1 aliphatic rings. The normalized spacial score (nSPS) is 15.9. The molecule has 146 valence electrons. The predicted molar refractivity (Wildman–Crippen MR) is 104 cm³/mol. The highest BCUT2D eigenvalue weighted by atomic mass is 16.5. The molecule has 5 rings (SSSR count). The number of ether oxygens (including phenoxy) is 2. The highest BCUT2D eigenvalue weighted by molar-refractivity contribution is 5.62. The van der Waals surface area contributed by atoms with Crippen LogP contribution in [-0.2, 0) is 17.9 Å². The third kappa shape index (κ3) is 3.17. The van der Waals surface area contributed by atoms with Crippen LogP contribution in [0, 0.1) is 6.92 Å². The van der Waals surface area contributed by atoms with Gasteiger partial charge in [0.05, 0.1) is 26.0 Å². The Bertz CT molecular complexity index is 1170. The van der Waals surface area contributed by atoms with E-state index in [0.717, 1.165) is 28.1 Å².